The number of hydrogen-bond acceptors (Lipinski definition) is 4. The van der Waals surface area contributed by atoms with Crippen molar-refractivity contribution >= 4 is 16.1 Å². The number of benzene rings is 1. The molecule has 7 nitrogen and oxygen atoms in total. The summed E-state index contributed by atoms with van der Waals surface area (Å²) < 4.78 is 44.4. The average Bonchev–Trinajstić information content (AvgIpc) is 3.01. The lowest BCUT2D eigenvalue weighted by Gasteiger charge is -2.32. The predicted octanol–water partition coefficient (Wildman–Crippen LogP) is 3.09. The van der Waals surface area contributed by atoms with Crippen LogP contribution in [-0.2, 0) is 14.8 Å². The first-order valence-electron chi connectivity index (χ1n) is 10.0. The van der Waals surface area contributed by atoms with Gasteiger partial charge in [0, 0.05) is 12.1 Å². The van der Waals surface area contributed by atoms with E-state index in [0.717, 1.165) is 25.7 Å². The summed E-state index contributed by atoms with van der Waals surface area (Å²) in [5, 5.41) is 9.54. The molecule has 1 saturated carbocycles. The molecule has 9 heteroatoms. The van der Waals surface area contributed by atoms with E-state index in [1.54, 1.807) is 6.92 Å². The maximum absolute atomic E-state index is 12.7. The van der Waals surface area contributed by atoms with Crippen LogP contribution in [0, 0.1) is 0 Å². The van der Waals surface area contributed by atoms with Crippen molar-refractivity contribution in [1.82, 2.24) is 9.62 Å². The number of amides is 1. The summed E-state index contributed by atoms with van der Waals surface area (Å²) in [7, 11) is -4.08. The van der Waals surface area contributed by atoms with Crippen molar-refractivity contribution < 1.29 is 27.4 Å². The van der Waals surface area contributed by atoms with Crippen LogP contribution in [0.1, 0.15) is 50.5 Å². The van der Waals surface area contributed by atoms with Crippen LogP contribution in [0.5, 0.6) is 0 Å². The third-order valence-corrected chi connectivity index (χ3v) is 6.98. The second-order valence-corrected chi connectivity index (χ2v) is 9.69. The molecule has 0 aromatic heterocycles. The van der Waals surface area contributed by atoms with Crippen LogP contribution < -0.4 is 4.72 Å². The largest absolute Gasteiger partial charge is 0.465 e. The Hall–Kier alpha value is -1.71. The van der Waals surface area contributed by atoms with Gasteiger partial charge in [-0.25, -0.2) is 22.3 Å². The molecular weight excluding hydrogens is 399 g/mol. The summed E-state index contributed by atoms with van der Waals surface area (Å²) in [4.78, 5) is 12.9. The molecule has 2 fully saturated rings. The van der Waals surface area contributed by atoms with Gasteiger partial charge in [-0.2, -0.15) is 0 Å². The summed E-state index contributed by atoms with van der Waals surface area (Å²) in [6, 6.07) is 7.09. The van der Waals surface area contributed by atoms with Gasteiger partial charge in [-0.3, -0.25) is 4.90 Å². The van der Waals surface area contributed by atoms with Gasteiger partial charge in [0.1, 0.15) is 0 Å². The van der Waals surface area contributed by atoms with Crippen LogP contribution in [0.25, 0.3) is 0 Å². The Morgan fingerprint density at radius 2 is 1.90 bits per heavy atom. The first-order valence-corrected chi connectivity index (χ1v) is 11.7. The summed E-state index contributed by atoms with van der Waals surface area (Å²) in [6.45, 7) is 1.81. The Bertz CT molecular complexity index is 783. The van der Waals surface area contributed by atoms with Crippen LogP contribution in [-0.4, -0.2) is 61.4 Å². The molecule has 2 N–H and O–H groups in total. The van der Waals surface area contributed by atoms with E-state index in [-0.39, 0.29) is 18.8 Å². The molecule has 0 spiro atoms. The Morgan fingerprint density at radius 3 is 2.48 bits per heavy atom. The third-order valence-electron chi connectivity index (χ3n) is 6.03. The first-order chi connectivity index (χ1) is 13.8. The molecule has 29 heavy (non-hydrogen) atoms. The average molecular weight is 429 g/mol. The van der Waals surface area contributed by atoms with Crippen LogP contribution in [0.4, 0.5) is 9.18 Å². The number of hydrogen-bond donors (Lipinski definition) is 2. The van der Waals surface area contributed by atoms with Gasteiger partial charge < -0.3 is 9.84 Å². The van der Waals surface area contributed by atoms with E-state index in [4.69, 9.17) is 4.74 Å². The summed E-state index contributed by atoms with van der Waals surface area (Å²) >= 11 is 0. The van der Waals surface area contributed by atoms with Gasteiger partial charge >= 0.3 is 6.09 Å². The van der Waals surface area contributed by atoms with E-state index in [1.165, 1.54) is 10.5 Å². The minimum atomic E-state index is -4.08. The zero-order valence-electron chi connectivity index (χ0n) is 16.5. The Labute approximate surface area is 171 Å². The van der Waals surface area contributed by atoms with Crippen molar-refractivity contribution in [2.24, 2.45) is 0 Å². The van der Waals surface area contributed by atoms with Crippen molar-refractivity contribution in [3.63, 3.8) is 0 Å². The predicted molar refractivity (Wildman–Crippen MR) is 107 cm³/mol. The van der Waals surface area contributed by atoms with E-state index < -0.39 is 34.2 Å². The maximum atomic E-state index is 12.7. The molecule has 0 unspecified atom stereocenters. The molecule has 1 saturated heterocycles. The summed E-state index contributed by atoms with van der Waals surface area (Å²) in [5.74, 6) is 0.502. The molecule has 1 amide bonds. The van der Waals surface area contributed by atoms with Gasteiger partial charge in [-0.05, 0) is 50.5 Å². The van der Waals surface area contributed by atoms with Gasteiger partial charge in [0.2, 0.25) is 16.0 Å². The Morgan fingerprint density at radius 1 is 1.24 bits per heavy atom. The molecule has 2 aliphatic rings. The van der Waals surface area contributed by atoms with Gasteiger partial charge in [0.25, 0.3) is 0 Å². The van der Waals surface area contributed by atoms with E-state index in [2.05, 4.69) is 16.9 Å². The highest BCUT2D eigenvalue weighted by molar-refractivity contribution is 7.89. The highest BCUT2D eigenvalue weighted by Crippen LogP contribution is 2.34. The highest BCUT2D eigenvalue weighted by Gasteiger charge is 2.44. The molecule has 1 heterocycles. The molecule has 162 valence electrons. The van der Waals surface area contributed by atoms with Crippen LogP contribution in [0.15, 0.2) is 30.3 Å². The summed E-state index contributed by atoms with van der Waals surface area (Å²) in [6.07, 6.45) is 2.92. The van der Waals surface area contributed by atoms with Gasteiger partial charge in [0.05, 0.1) is 18.8 Å². The lowest BCUT2D eigenvalue weighted by Crippen LogP contribution is -2.50. The number of ether oxygens (including phenoxy) is 1. The zero-order chi connectivity index (χ0) is 21.0. The van der Waals surface area contributed by atoms with Crippen molar-refractivity contribution in [3.8, 4) is 0 Å². The minimum Gasteiger partial charge on any atom is -0.465 e. The lowest BCUT2D eigenvalue weighted by molar-refractivity contribution is -0.00703. The fourth-order valence-corrected chi connectivity index (χ4v) is 5.37. The topological polar surface area (TPSA) is 95.9 Å². The second-order valence-electron chi connectivity index (χ2n) is 8.01. The SMILES string of the molecule is C[C@@H]1C[C@H](NS(=O)(=O)CF)[C@H](COC2CCC(c3ccccc3)CC2)N1C(=O)O. The first kappa shape index (κ1) is 22.0. The van der Waals surface area contributed by atoms with Crippen molar-refractivity contribution in [2.75, 3.05) is 12.6 Å². The molecule has 0 radical (unpaired) electrons. The van der Waals surface area contributed by atoms with Crippen LogP contribution in [0.3, 0.4) is 0 Å². The number of carboxylic acid groups (broad SMARTS) is 1. The molecule has 1 aromatic carbocycles. The number of carbonyl (C=O) groups is 1. The fourth-order valence-electron chi connectivity index (χ4n) is 4.60. The molecular formula is C20H29FN2O5S. The van der Waals surface area contributed by atoms with E-state index in [1.807, 2.05) is 18.2 Å². The smallest absolute Gasteiger partial charge is 0.407 e. The zero-order valence-corrected chi connectivity index (χ0v) is 17.4. The number of sulfonamides is 1. The van der Waals surface area contributed by atoms with Gasteiger partial charge in [0.15, 0.2) is 0 Å². The lowest BCUT2D eigenvalue weighted by atomic mass is 9.83. The minimum absolute atomic E-state index is 0.0138. The van der Waals surface area contributed by atoms with Gasteiger partial charge in [-0.15, -0.1) is 0 Å². The molecule has 3 atom stereocenters. The number of likely N-dealkylation sites (tertiary alicyclic amines) is 1. The molecule has 0 bridgehead atoms. The Kier molecular flexibility index (Phi) is 7.13. The van der Waals surface area contributed by atoms with Crippen molar-refractivity contribution in [3.05, 3.63) is 35.9 Å². The van der Waals surface area contributed by atoms with Crippen molar-refractivity contribution in [2.45, 2.75) is 69.2 Å². The standard InChI is InChI=1S/C20H29FN2O5S/c1-14-11-18(22-29(26,27)13-21)19(23(14)20(24)25)12-28-17-9-7-16(8-10-17)15-5-3-2-4-6-15/h2-6,14,16-19,22H,7-13H2,1H3,(H,24,25)/t14-,16?,17?,18+,19+/m1/s1. The Balaban J connectivity index is 1.58. The molecule has 3 rings (SSSR count). The van der Waals surface area contributed by atoms with Crippen LogP contribution in [0.2, 0.25) is 0 Å². The van der Waals surface area contributed by atoms with Crippen LogP contribution >= 0.6 is 0 Å². The van der Waals surface area contributed by atoms with E-state index >= 15 is 0 Å². The quantitative estimate of drug-likeness (QED) is 0.696. The second kappa shape index (κ2) is 9.40. The summed E-state index contributed by atoms with van der Waals surface area (Å²) in [5.41, 5.74) is 1.33. The number of alkyl halides is 1. The molecule has 1 aromatic rings. The molecule has 1 aliphatic carbocycles. The normalized spacial score (nSPS) is 30.4. The monoisotopic (exact) mass is 428 g/mol. The third kappa shape index (κ3) is 5.46. The highest BCUT2D eigenvalue weighted by atomic mass is 32.2. The van der Waals surface area contributed by atoms with E-state index in [0.29, 0.717) is 12.3 Å². The van der Waals surface area contributed by atoms with E-state index in [9.17, 15) is 22.7 Å². The number of rotatable bonds is 7. The maximum Gasteiger partial charge on any atom is 0.407 e. The number of nitrogens with zero attached hydrogens (tertiary/aromatic N) is 1. The number of nitrogens with one attached hydrogen (secondary N) is 1. The van der Waals surface area contributed by atoms with Gasteiger partial charge in [-0.1, -0.05) is 30.3 Å². The fraction of sp³-hybridized carbons (Fsp3) is 0.650. The molecule has 1 aliphatic heterocycles. The number of halogens is 1. The van der Waals surface area contributed by atoms with Crippen molar-refractivity contribution in [1.29, 1.82) is 0 Å².